The van der Waals surface area contributed by atoms with Crippen molar-refractivity contribution in [2.45, 2.75) is 25.3 Å². The second-order valence-electron chi connectivity index (χ2n) is 3.85. The number of halogens is 1. The molecule has 0 radical (unpaired) electrons. The normalized spacial score (nSPS) is 10.3. The maximum atomic E-state index is 5.63. The molecule has 18 heavy (non-hydrogen) atoms. The molecule has 0 saturated carbocycles. The molecule has 0 saturated heterocycles. The van der Waals surface area contributed by atoms with Crippen molar-refractivity contribution in [3.05, 3.63) is 53.6 Å². The van der Waals surface area contributed by atoms with E-state index in [0.29, 0.717) is 6.61 Å². The number of para-hydroxylation sites is 1. The summed E-state index contributed by atoms with van der Waals surface area (Å²) in [5.74, 6) is 1.56. The van der Waals surface area contributed by atoms with E-state index in [-0.39, 0.29) is 0 Å². The van der Waals surface area contributed by atoms with Crippen LogP contribution in [0, 0.1) is 0 Å². The van der Waals surface area contributed by atoms with Crippen LogP contribution in [0.5, 0.6) is 5.75 Å². The first-order chi connectivity index (χ1) is 8.83. The van der Waals surface area contributed by atoms with Crippen molar-refractivity contribution < 1.29 is 4.74 Å². The number of hydrogen-bond acceptors (Lipinski definition) is 3. The van der Waals surface area contributed by atoms with E-state index < -0.39 is 0 Å². The molecule has 2 rings (SSSR count). The maximum Gasteiger partial charge on any atom is 0.166 e. The van der Waals surface area contributed by atoms with E-state index in [1.54, 1.807) is 0 Å². The van der Waals surface area contributed by atoms with Gasteiger partial charge in [-0.25, -0.2) is 9.97 Å². The maximum absolute atomic E-state index is 5.63. The Bertz CT molecular complexity index is 502. The van der Waals surface area contributed by atoms with Gasteiger partial charge in [-0.1, -0.05) is 41.1 Å². The largest absolute Gasteiger partial charge is 0.486 e. The predicted molar refractivity (Wildman–Crippen MR) is 74.8 cm³/mol. The van der Waals surface area contributed by atoms with Gasteiger partial charge in [0, 0.05) is 22.8 Å². The zero-order chi connectivity index (χ0) is 12.8. The van der Waals surface area contributed by atoms with Gasteiger partial charge in [-0.05, 0) is 18.6 Å². The van der Waals surface area contributed by atoms with Crippen molar-refractivity contribution in [3.8, 4) is 5.75 Å². The Morgan fingerprint density at radius 3 is 2.67 bits per heavy atom. The topological polar surface area (TPSA) is 35.0 Å². The summed E-state index contributed by atoms with van der Waals surface area (Å²) < 4.78 is 5.63. The lowest BCUT2D eigenvalue weighted by Crippen LogP contribution is -2.05. The summed E-state index contributed by atoms with van der Waals surface area (Å²) in [5.41, 5.74) is 2.22. The van der Waals surface area contributed by atoms with Crippen LogP contribution >= 0.6 is 15.9 Å². The highest BCUT2D eigenvalue weighted by Gasteiger charge is 2.05. The first-order valence-electron chi connectivity index (χ1n) is 5.91. The molecule has 0 aliphatic rings. The van der Waals surface area contributed by atoms with Crippen LogP contribution in [0.25, 0.3) is 0 Å². The van der Waals surface area contributed by atoms with Crippen molar-refractivity contribution in [2.24, 2.45) is 0 Å². The monoisotopic (exact) mass is 306 g/mol. The predicted octanol–water partition coefficient (Wildman–Crippen LogP) is 3.51. The van der Waals surface area contributed by atoms with Gasteiger partial charge >= 0.3 is 0 Å². The molecule has 0 bridgehead atoms. The third kappa shape index (κ3) is 3.29. The van der Waals surface area contributed by atoms with E-state index >= 15 is 0 Å². The first kappa shape index (κ1) is 13.0. The Hall–Kier alpha value is -1.42. The highest BCUT2D eigenvalue weighted by molar-refractivity contribution is 9.08. The molecule has 4 heteroatoms. The molecule has 0 atom stereocenters. The Morgan fingerprint density at radius 1 is 1.22 bits per heavy atom. The number of alkyl halides is 1. The summed E-state index contributed by atoms with van der Waals surface area (Å²) in [5, 5.41) is 0.788. The lowest BCUT2D eigenvalue weighted by atomic mass is 10.2. The highest BCUT2D eigenvalue weighted by atomic mass is 79.9. The smallest absolute Gasteiger partial charge is 0.166 e. The van der Waals surface area contributed by atoms with E-state index in [1.165, 1.54) is 0 Å². The summed E-state index contributed by atoms with van der Waals surface area (Å²) in [7, 11) is 0. The van der Waals surface area contributed by atoms with Gasteiger partial charge in [0.15, 0.2) is 5.82 Å². The SMILES string of the molecule is CCc1nc(COc2ccccc2)ncc1CBr. The van der Waals surface area contributed by atoms with Gasteiger partial charge in [-0.15, -0.1) is 0 Å². The highest BCUT2D eigenvalue weighted by Crippen LogP contribution is 2.13. The van der Waals surface area contributed by atoms with Gasteiger partial charge in [-0.2, -0.15) is 0 Å². The third-order valence-electron chi connectivity index (χ3n) is 2.59. The van der Waals surface area contributed by atoms with Gasteiger partial charge < -0.3 is 4.74 Å². The molecule has 1 aromatic heterocycles. The average molecular weight is 307 g/mol. The second-order valence-corrected chi connectivity index (χ2v) is 4.41. The molecule has 1 heterocycles. The van der Waals surface area contributed by atoms with Crippen LogP contribution in [0.3, 0.4) is 0 Å². The number of benzene rings is 1. The average Bonchev–Trinajstić information content (AvgIpc) is 2.45. The zero-order valence-electron chi connectivity index (χ0n) is 10.3. The number of rotatable bonds is 5. The van der Waals surface area contributed by atoms with Crippen LogP contribution in [0.15, 0.2) is 36.5 Å². The zero-order valence-corrected chi connectivity index (χ0v) is 11.9. The van der Waals surface area contributed by atoms with Crippen LogP contribution in [-0.2, 0) is 18.4 Å². The van der Waals surface area contributed by atoms with Gasteiger partial charge in [0.05, 0.1) is 0 Å². The van der Waals surface area contributed by atoms with Gasteiger partial charge in [0.1, 0.15) is 12.4 Å². The second kappa shape index (κ2) is 6.50. The Kier molecular flexibility index (Phi) is 4.70. The fourth-order valence-corrected chi connectivity index (χ4v) is 2.10. The fourth-order valence-electron chi connectivity index (χ4n) is 1.64. The summed E-state index contributed by atoms with van der Waals surface area (Å²) in [6.07, 6.45) is 2.77. The Balaban J connectivity index is 2.06. The molecule has 0 spiro atoms. The van der Waals surface area contributed by atoms with E-state index in [9.17, 15) is 0 Å². The minimum atomic E-state index is 0.402. The van der Waals surface area contributed by atoms with Crippen LogP contribution in [0.4, 0.5) is 0 Å². The third-order valence-corrected chi connectivity index (χ3v) is 3.20. The molecular weight excluding hydrogens is 292 g/mol. The minimum Gasteiger partial charge on any atom is -0.486 e. The molecule has 0 aliphatic carbocycles. The lowest BCUT2D eigenvalue weighted by molar-refractivity contribution is 0.295. The molecule has 0 fully saturated rings. The Morgan fingerprint density at radius 2 is 2.00 bits per heavy atom. The Labute approximate surface area is 115 Å². The number of ether oxygens (including phenoxy) is 1. The quantitative estimate of drug-likeness (QED) is 0.793. The van der Waals surface area contributed by atoms with E-state index in [4.69, 9.17) is 4.74 Å². The van der Waals surface area contributed by atoms with Crippen LogP contribution in [0.2, 0.25) is 0 Å². The fraction of sp³-hybridized carbons (Fsp3) is 0.286. The van der Waals surface area contributed by atoms with Gasteiger partial charge in [-0.3, -0.25) is 0 Å². The minimum absolute atomic E-state index is 0.402. The summed E-state index contributed by atoms with van der Waals surface area (Å²) in [4.78, 5) is 8.82. The number of nitrogens with zero attached hydrogens (tertiary/aromatic N) is 2. The number of aromatic nitrogens is 2. The van der Waals surface area contributed by atoms with Crippen molar-refractivity contribution in [1.29, 1.82) is 0 Å². The lowest BCUT2D eigenvalue weighted by Gasteiger charge is -2.08. The summed E-state index contributed by atoms with van der Waals surface area (Å²) in [6.45, 7) is 2.50. The van der Waals surface area contributed by atoms with Crippen molar-refractivity contribution >= 4 is 15.9 Å². The summed E-state index contributed by atoms with van der Waals surface area (Å²) >= 11 is 3.44. The van der Waals surface area contributed by atoms with E-state index in [0.717, 1.165) is 34.6 Å². The molecule has 0 unspecified atom stereocenters. The summed E-state index contributed by atoms with van der Waals surface area (Å²) in [6, 6.07) is 9.70. The van der Waals surface area contributed by atoms with Crippen LogP contribution in [0.1, 0.15) is 24.0 Å². The van der Waals surface area contributed by atoms with Crippen LogP contribution in [-0.4, -0.2) is 9.97 Å². The molecule has 0 amide bonds. The van der Waals surface area contributed by atoms with Crippen molar-refractivity contribution in [3.63, 3.8) is 0 Å². The van der Waals surface area contributed by atoms with Crippen molar-refractivity contribution in [2.75, 3.05) is 0 Å². The van der Waals surface area contributed by atoms with Gasteiger partial charge in [0.2, 0.25) is 0 Å². The molecule has 2 aromatic rings. The van der Waals surface area contributed by atoms with Crippen LogP contribution < -0.4 is 4.74 Å². The van der Waals surface area contributed by atoms with Gasteiger partial charge in [0.25, 0.3) is 0 Å². The standard InChI is InChI=1S/C14H15BrN2O/c1-2-13-11(8-15)9-16-14(17-13)10-18-12-6-4-3-5-7-12/h3-7,9H,2,8,10H2,1H3. The molecule has 1 aromatic carbocycles. The number of hydrogen-bond donors (Lipinski definition) is 0. The molecule has 94 valence electrons. The molecule has 0 aliphatic heterocycles. The van der Waals surface area contributed by atoms with E-state index in [1.807, 2.05) is 36.5 Å². The molecule has 3 nitrogen and oxygen atoms in total. The number of aryl methyl sites for hydroxylation is 1. The van der Waals surface area contributed by atoms with E-state index in [2.05, 4.69) is 32.8 Å². The first-order valence-corrected chi connectivity index (χ1v) is 7.03. The van der Waals surface area contributed by atoms with Crippen molar-refractivity contribution in [1.82, 2.24) is 9.97 Å². The molecule has 0 N–H and O–H groups in total. The molecular formula is C14H15BrN2O.